The monoisotopic (exact) mass is 337 g/mol. The molecule has 1 aromatic heterocycles. The third-order valence-electron chi connectivity index (χ3n) is 3.24. The van der Waals surface area contributed by atoms with E-state index in [-0.39, 0.29) is 10.4 Å². The van der Waals surface area contributed by atoms with Crippen molar-refractivity contribution in [1.29, 1.82) is 0 Å². The Labute approximate surface area is 132 Å². The summed E-state index contributed by atoms with van der Waals surface area (Å²) >= 11 is 5.83. The topological polar surface area (TPSA) is 85.1 Å². The average molecular weight is 338 g/mol. The zero-order valence-electron chi connectivity index (χ0n) is 11.5. The van der Waals surface area contributed by atoms with E-state index in [0.717, 1.165) is 5.56 Å². The lowest BCUT2D eigenvalue weighted by atomic mass is 10.1. The Kier molecular flexibility index (Phi) is 3.86. The Hall–Kier alpha value is -1.96. The lowest BCUT2D eigenvalue weighted by Gasteiger charge is -2.14. The van der Waals surface area contributed by atoms with Crippen LogP contribution < -0.4 is 4.72 Å². The number of nitrogens with zero attached hydrogens (tertiary/aromatic N) is 2. The molecule has 8 heteroatoms. The van der Waals surface area contributed by atoms with Crippen molar-refractivity contribution in [2.75, 3.05) is 0 Å². The molecule has 3 rings (SSSR count). The molecule has 3 aromatic rings. The Bertz CT molecular complexity index is 906. The molecule has 1 atom stereocenters. The van der Waals surface area contributed by atoms with Crippen LogP contribution in [0.2, 0.25) is 5.02 Å². The number of benzene rings is 2. The number of hydrogen-bond donors (Lipinski definition) is 1. The number of nitrogens with one attached hydrogen (secondary N) is 1. The Morgan fingerprint density at radius 3 is 2.59 bits per heavy atom. The predicted octanol–water partition coefficient (Wildman–Crippen LogP) is 2.92. The molecule has 114 valence electrons. The molecule has 0 fully saturated rings. The van der Waals surface area contributed by atoms with Crippen molar-refractivity contribution < 1.29 is 13.0 Å². The summed E-state index contributed by atoms with van der Waals surface area (Å²) in [6.45, 7) is 1.75. The molecule has 1 N–H and O–H groups in total. The average Bonchev–Trinajstić information content (AvgIpc) is 2.95. The Morgan fingerprint density at radius 1 is 1.14 bits per heavy atom. The number of sulfonamides is 1. The largest absolute Gasteiger partial charge is 0.243 e. The SMILES string of the molecule is CC(NS(=O)(=O)c1cccc2nonc12)c1ccc(Cl)cc1. The predicted molar refractivity (Wildman–Crippen MR) is 82.0 cm³/mol. The molecule has 22 heavy (non-hydrogen) atoms. The smallest absolute Gasteiger partial charge is 0.243 e. The van der Waals surface area contributed by atoms with E-state index in [9.17, 15) is 8.42 Å². The van der Waals surface area contributed by atoms with E-state index in [0.29, 0.717) is 10.5 Å². The summed E-state index contributed by atoms with van der Waals surface area (Å²) in [5, 5.41) is 7.90. The summed E-state index contributed by atoms with van der Waals surface area (Å²) in [5.74, 6) is 0. The van der Waals surface area contributed by atoms with Gasteiger partial charge < -0.3 is 0 Å². The van der Waals surface area contributed by atoms with Gasteiger partial charge in [0.15, 0.2) is 5.52 Å². The van der Waals surface area contributed by atoms with Crippen LogP contribution >= 0.6 is 11.6 Å². The van der Waals surface area contributed by atoms with Crippen LogP contribution in [0.1, 0.15) is 18.5 Å². The van der Waals surface area contributed by atoms with Crippen LogP contribution in [0.15, 0.2) is 52.0 Å². The number of hydrogen-bond acceptors (Lipinski definition) is 5. The molecular formula is C14H12ClN3O3S. The van der Waals surface area contributed by atoms with Crippen molar-refractivity contribution >= 4 is 32.7 Å². The summed E-state index contributed by atoms with van der Waals surface area (Å²) in [4.78, 5) is 0.0343. The lowest BCUT2D eigenvalue weighted by Crippen LogP contribution is -2.27. The Balaban J connectivity index is 1.93. The minimum absolute atomic E-state index is 0.0343. The fourth-order valence-electron chi connectivity index (χ4n) is 2.11. The fraction of sp³-hybridized carbons (Fsp3) is 0.143. The van der Waals surface area contributed by atoms with Crippen molar-refractivity contribution in [3.05, 3.63) is 53.1 Å². The summed E-state index contributed by atoms with van der Waals surface area (Å²) in [6.07, 6.45) is 0. The van der Waals surface area contributed by atoms with Gasteiger partial charge in [-0.1, -0.05) is 29.8 Å². The Morgan fingerprint density at radius 2 is 1.86 bits per heavy atom. The molecular weight excluding hydrogens is 326 g/mol. The highest BCUT2D eigenvalue weighted by Gasteiger charge is 2.22. The van der Waals surface area contributed by atoms with Gasteiger partial charge in [0.2, 0.25) is 10.0 Å². The third kappa shape index (κ3) is 2.83. The van der Waals surface area contributed by atoms with Gasteiger partial charge in [-0.05, 0) is 47.1 Å². The van der Waals surface area contributed by atoms with Crippen molar-refractivity contribution in [3.8, 4) is 0 Å². The van der Waals surface area contributed by atoms with E-state index < -0.39 is 16.1 Å². The van der Waals surface area contributed by atoms with Crippen LogP contribution in [-0.2, 0) is 10.0 Å². The van der Waals surface area contributed by atoms with Gasteiger partial charge in [-0.15, -0.1) is 0 Å². The van der Waals surface area contributed by atoms with E-state index in [1.54, 1.807) is 43.3 Å². The van der Waals surface area contributed by atoms with Gasteiger partial charge in [-0.2, -0.15) is 0 Å². The van der Waals surface area contributed by atoms with E-state index >= 15 is 0 Å². The van der Waals surface area contributed by atoms with Crippen molar-refractivity contribution in [3.63, 3.8) is 0 Å². The maximum absolute atomic E-state index is 12.5. The van der Waals surface area contributed by atoms with Crippen LogP contribution in [0.25, 0.3) is 11.0 Å². The number of halogens is 1. The number of fused-ring (bicyclic) bond motifs is 1. The highest BCUT2D eigenvalue weighted by molar-refractivity contribution is 7.89. The van der Waals surface area contributed by atoms with Crippen LogP contribution in [0.5, 0.6) is 0 Å². The maximum Gasteiger partial charge on any atom is 0.243 e. The van der Waals surface area contributed by atoms with Crippen molar-refractivity contribution in [2.45, 2.75) is 17.9 Å². The standard InChI is InChI=1S/C14H12ClN3O3S/c1-9(10-5-7-11(15)8-6-10)18-22(19,20)13-4-2-3-12-14(13)17-21-16-12/h2-9,18H,1H3. The highest BCUT2D eigenvalue weighted by atomic mass is 35.5. The second kappa shape index (κ2) is 5.68. The summed E-state index contributed by atoms with van der Waals surface area (Å²) in [6, 6.07) is 11.2. The highest BCUT2D eigenvalue weighted by Crippen LogP contribution is 2.23. The van der Waals surface area contributed by atoms with E-state index in [1.807, 2.05) is 0 Å². The first-order valence-corrected chi connectivity index (χ1v) is 8.32. The van der Waals surface area contributed by atoms with Crippen LogP contribution in [0.4, 0.5) is 0 Å². The minimum Gasteiger partial charge on any atom is -0.243 e. The minimum atomic E-state index is -3.76. The molecule has 1 unspecified atom stereocenters. The fourth-order valence-corrected chi connectivity index (χ4v) is 3.62. The van der Waals surface area contributed by atoms with Gasteiger partial charge in [0.05, 0.1) is 0 Å². The van der Waals surface area contributed by atoms with E-state index in [2.05, 4.69) is 19.7 Å². The number of aromatic nitrogens is 2. The molecule has 0 aliphatic carbocycles. The first kappa shape index (κ1) is 15.0. The van der Waals surface area contributed by atoms with Crippen molar-refractivity contribution in [1.82, 2.24) is 15.0 Å². The van der Waals surface area contributed by atoms with Crippen LogP contribution in [-0.4, -0.2) is 18.7 Å². The van der Waals surface area contributed by atoms with Gasteiger partial charge >= 0.3 is 0 Å². The maximum atomic E-state index is 12.5. The van der Waals surface area contributed by atoms with Gasteiger partial charge in [0, 0.05) is 11.1 Å². The van der Waals surface area contributed by atoms with Gasteiger partial charge in [-0.25, -0.2) is 17.8 Å². The molecule has 0 spiro atoms. The molecule has 0 aliphatic heterocycles. The molecule has 0 amide bonds. The van der Waals surface area contributed by atoms with Crippen LogP contribution in [0, 0.1) is 0 Å². The summed E-state index contributed by atoms with van der Waals surface area (Å²) < 4.78 is 32.3. The molecule has 0 aliphatic rings. The van der Waals surface area contributed by atoms with E-state index in [1.165, 1.54) is 6.07 Å². The summed E-state index contributed by atoms with van der Waals surface area (Å²) in [7, 11) is -3.76. The third-order valence-corrected chi connectivity index (χ3v) is 5.06. The molecule has 2 aromatic carbocycles. The molecule has 1 heterocycles. The van der Waals surface area contributed by atoms with Crippen molar-refractivity contribution in [2.24, 2.45) is 0 Å². The zero-order chi connectivity index (χ0) is 15.7. The quantitative estimate of drug-likeness (QED) is 0.791. The van der Waals surface area contributed by atoms with Gasteiger partial charge in [0.1, 0.15) is 10.4 Å². The molecule has 0 bridgehead atoms. The molecule has 0 radical (unpaired) electrons. The van der Waals surface area contributed by atoms with Gasteiger partial charge in [-0.3, -0.25) is 0 Å². The molecule has 0 saturated heterocycles. The van der Waals surface area contributed by atoms with Gasteiger partial charge in [0.25, 0.3) is 0 Å². The van der Waals surface area contributed by atoms with Crippen LogP contribution in [0.3, 0.4) is 0 Å². The molecule has 0 saturated carbocycles. The summed E-state index contributed by atoms with van der Waals surface area (Å²) in [5.41, 5.74) is 1.40. The van der Waals surface area contributed by atoms with E-state index in [4.69, 9.17) is 11.6 Å². The number of rotatable bonds is 4. The first-order valence-electron chi connectivity index (χ1n) is 6.46. The second-order valence-electron chi connectivity index (χ2n) is 4.78. The normalized spacial score (nSPS) is 13.4. The lowest BCUT2D eigenvalue weighted by molar-refractivity contribution is 0.315. The first-order chi connectivity index (χ1) is 10.5. The second-order valence-corrected chi connectivity index (χ2v) is 6.90. The zero-order valence-corrected chi connectivity index (χ0v) is 13.1. The molecule has 6 nitrogen and oxygen atoms in total.